The average Bonchev–Trinajstić information content (AvgIpc) is 3.20. The molecule has 0 bridgehead atoms. The Morgan fingerprint density at radius 1 is 1.32 bits per heavy atom. The Morgan fingerprint density at radius 3 is 2.96 bits per heavy atom. The topological polar surface area (TPSA) is 110 Å². The number of carbonyl (C=O) groups is 1. The molecule has 0 unspecified atom stereocenters. The van der Waals surface area contributed by atoms with Gasteiger partial charge in [-0.25, -0.2) is 4.98 Å². The van der Waals surface area contributed by atoms with Crippen LogP contribution in [0.5, 0.6) is 0 Å². The van der Waals surface area contributed by atoms with E-state index in [1.807, 2.05) is 6.92 Å². The Kier molecular flexibility index (Phi) is 4.48. The van der Waals surface area contributed by atoms with Crippen LogP contribution >= 0.6 is 0 Å². The first-order chi connectivity index (χ1) is 12.2. The molecule has 9 nitrogen and oxygen atoms in total. The lowest BCUT2D eigenvalue weighted by Crippen LogP contribution is -2.42. The first-order valence-corrected chi connectivity index (χ1v) is 8.86. The summed E-state index contributed by atoms with van der Waals surface area (Å²) in [5.41, 5.74) is 0. The number of H-pyrrole nitrogens is 1. The number of aromatic amines is 1. The number of rotatable bonds is 6. The van der Waals surface area contributed by atoms with Gasteiger partial charge in [0, 0.05) is 31.7 Å². The zero-order valence-corrected chi connectivity index (χ0v) is 14.3. The highest BCUT2D eigenvalue weighted by molar-refractivity contribution is 5.76. The fourth-order valence-corrected chi connectivity index (χ4v) is 2.89. The van der Waals surface area contributed by atoms with Crippen molar-refractivity contribution in [3.8, 4) is 0 Å². The molecule has 1 N–H and O–H groups in total. The summed E-state index contributed by atoms with van der Waals surface area (Å²) >= 11 is 0. The molecule has 1 aliphatic heterocycles. The minimum Gasteiger partial charge on any atom is -0.366 e. The van der Waals surface area contributed by atoms with Crippen LogP contribution in [-0.2, 0) is 22.4 Å². The van der Waals surface area contributed by atoms with Crippen LogP contribution in [0.25, 0.3) is 0 Å². The van der Waals surface area contributed by atoms with Gasteiger partial charge in [-0.1, -0.05) is 12.1 Å². The second-order valence-electron chi connectivity index (χ2n) is 6.51. The molecular formula is C16H22N6O3. The third-order valence-electron chi connectivity index (χ3n) is 4.57. The number of hydrogen-bond acceptors (Lipinski definition) is 7. The van der Waals surface area contributed by atoms with E-state index < -0.39 is 0 Å². The minimum absolute atomic E-state index is 0.0609. The molecule has 2 aromatic heterocycles. The highest BCUT2D eigenvalue weighted by atomic mass is 16.5. The van der Waals surface area contributed by atoms with E-state index in [1.54, 1.807) is 4.90 Å². The summed E-state index contributed by atoms with van der Waals surface area (Å²) in [6.07, 6.45) is 3.60. The van der Waals surface area contributed by atoms with Crippen LogP contribution in [0.15, 0.2) is 4.52 Å². The predicted octanol–water partition coefficient (Wildman–Crippen LogP) is 1.16. The molecule has 0 spiro atoms. The summed E-state index contributed by atoms with van der Waals surface area (Å²) in [5.74, 6) is 3.28. The van der Waals surface area contributed by atoms with Gasteiger partial charge in [-0.05, 0) is 12.8 Å². The molecule has 1 saturated carbocycles. The summed E-state index contributed by atoms with van der Waals surface area (Å²) in [6, 6.07) is 0. The summed E-state index contributed by atoms with van der Waals surface area (Å²) in [4.78, 5) is 23.1. The molecule has 1 amide bonds. The first kappa shape index (κ1) is 16.2. The number of aromatic nitrogens is 5. The van der Waals surface area contributed by atoms with E-state index in [4.69, 9.17) is 9.26 Å². The van der Waals surface area contributed by atoms with E-state index in [9.17, 15) is 4.79 Å². The van der Waals surface area contributed by atoms with Crippen molar-refractivity contribution in [2.45, 2.75) is 51.0 Å². The predicted molar refractivity (Wildman–Crippen MR) is 85.6 cm³/mol. The second kappa shape index (κ2) is 6.91. The molecule has 2 fully saturated rings. The monoisotopic (exact) mass is 346 g/mol. The van der Waals surface area contributed by atoms with Gasteiger partial charge in [0.05, 0.1) is 13.2 Å². The van der Waals surface area contributed by atoms with Gasteiger partial charge in [0.15, 0.2) is 11.6 Å². The molecule has 25 heavy (non-hydrogen) atoms. The number of amides is 1. The lowest BCUT2D eigenvalue weighted by Gasteiger charge is -2.31. The molecule has 2 aromatic rings. The normalized spacial score (nSPS) is 20.8. The molecule has 3 heterocycles. The number of carbonyl (C=O) groups excluding carboxylic acids is 1. The van der Waals surface area contributed by atoms with Gasteiger partial charge in [0.2, 0.25) is 11.8 Å². The van der Waals surface area contributed by atoms with Crippen LogP contribution in [0.2, 0.25) is 0 Å². The largest absolute Gasteiger partial charge is 0.366 e. The number of hydrogen-bond donors (Lipinski definition) is 1. The summed E-state index contributed by atoms with van der Waals surface area (Å²) in [7, 11) is 0. The lowest BCUT2D eigenvalue weighted by molar-refractivity contribution is -0.139. The molecule has 0 radical (unpaired) electrons. The number of aryl methyl sites for hydroxylation is 2. The zero-order chi connectivity index (χ0) is 17.2. The van der Waals surface area contributed by atoms with Crippen molar-refractivity contribution in [1.29, 1.82) is 0 Å². The molecule has 2 aliphatic rings. The van der Waals surface area contributed by atoms with Crippen molar-refractivity contribution < 1.29 is 14.1 Å². The van der Waals surface area contributed by atoms with E-state index >= 15 is 0 Å². The maximum Gasteiger partial charge on any atom is 0.227 e. The van der Waals surface area contributed by atoms with Crippen LogP contribution in [-0.4, -0.2) is 55.8 Å². The number of nitrogens with one attached hydrogen (secondary N) is 1. The van der Waals surface area contributed by atoms with Crippen molar-refractivity contribution in [2.24, 2.45) is 0 Å². The standard InChI is InChI=1S/C16H22N6O3/c1-2-12-17-16(20-19-12)11-9-22(7-8-24-11)14(23)6-5-13-18-15(21-25-13)10-3-4-10/h10-11H,2-9H2,1H3,(H,17,19,20)/t11-/m1/s1. The summed E-state index contributed by atoms with van der Waals surface area (Å²) < 4.78 is 11.0. The number of morpholine rings is 1. The van der Waals surface area contributed by atoms with E-state index in [0.717, 1.165) is 30.9 Å². The van der Waals surface area contributed by atoms with Crippen molar-refractivity contribution in [3.05, 3.63) is 23.4 Å². The third-order valence-corrected chi connectivity index (χ3v) is 4.57. The molecule has 134 valence electrons. The van der Waals surface area contributed by atoms with Crippen molar-refractivity contribution in [3.63, 3.8) is 0 Å². The number of ether oxygens (including phenoxy) is 1. The Labute approximate surface area is 145 Å². The minimum atomic E-state index is -0.279. The first-order valence-electron chi connectivity index (χ1n) is 8.86. The number of nitrogens with zero attached hydrogens (tertiary/aromatic N) is 5. The van der Waals surface area contributed by atoms with Gasteiger partial charge in [-0.2, -0.15) is 10.1 Å². The zero-order valence-electron chi connectivity index (χ0n) is 14.3. The second-order valence-corrected chi connectivity index (χ2v) is 6.51. The van der Waals surface area contributed by atoms with Crippen molar-refractivity contribution in [1.82, 2.24) is 30.2 Å². The Morgan fingerprint density at radius 2 is 2.20 bits per heavy atom. The van der Waals surface area contributed by atoms with Crippen molar-refractivity contribution >= 4 is 5.91 Å². The smallest absolute Gasteiger partial charge is 0.227 e. The maximum absolute atomic E-state index is 12.5. The van der Waals surface area contributed by atoms with Gasteiger partial charge in [0.25, 0.3) is 0 Å². The van der Waals surface area contributed by atoms with Gasteiger partial charge in [0.1, 0.15) is 11.9 Å². The molecule has 1 saturated heterocycles. The van der Waals surface area contributed by atoms with Gasteiger partial charge in [-0.15, -0.1) is 0 Å². The third kappa shape index (κ3) is 3.71. The molecule has 0 aromatic carbocycles. The van der Waals surface area contributed by atoms with Gasteiger partial charge in [-0.3, -0.25) is 9.89 Å². The fraction of sp³-hybridized carbons (Fsp3) is 0.688. The lowest BCUT2D eigenvalue weighted by atomic mass is 10.2. The molecule has 1 aliphatic carbocycles. The molecular weight excluding hydrogens is 324 g/mol. The Hall–Kier alpha value is -2.29. The van der Waals surface area contributed by atoms with Crippen LogP contribution in [0.3, 0.4) is 0 Å². The van der Waals surface area contributed by atoms with E-state index in [-0.39, 0.29) is 12.0 Å². The quantitative estimate of drug-likeness (QED) is 0.835. The summed E-state index contributed by atoms with van der Waals surface area (Å²) in [6.45, 7) is 3.54. The van der Waals surface area contributed by atoms with E-state index in [0.29, 0.717) is 50.2 Å². The fourth-order valence-electron chi connectivity index (χ4n) is 2.89. The highest BCUT2D eigenvalue weighted by Crippen LogP contribution is 2.38. The molecule has 1 atom stereocenters. The van der Waals surface area contributed by atoms with Gasteiger partial charge < -0.3 is 14.2 Å². The van der Waals surface area contributed by atoms with Crippen LogP contribution in [0.1, 0.15) is 61.6 Å². The van der Waals surface area contributed by atoms with Crippen molar-refractivity contribution in [2.75, 3.05) is 19.7 Å². The highest BCUT2D eigenvalue weighted by Gasteiger charge is 2.30. The SMILES string of the molecule is CCc1nc([C@H]2CN(C(=O)CCc3nc(C4CC4)no3)CCO2)n[nH]1. The van der Waals surface area contributed by atoms with E-state index in [1.165, 1.54) is 0 Å². The van der Waals surface area contributed by atoms with E-state index in [2.05, 4.69) is 25.3 Å². The summed E-state index contributed by atoms with van der Waals surface area (Å²) in [5, 5.41) is 11.1. The van der Waals surface area contributed by atoms with Crippen LogP contribution in [0.4, 0.5) is 0 Å². The van der Waals surface area contributed by atoms with Crippen LogP contribution < -0.4 is 0 Å². The van der Waals surface area contributed by atoms with Gasteiger partial charge >= 0.3 is 0 Å². The maximum atomic E-state index is 12.5. The Bertz CT molecular complexity index is 738. The van der Waals surface area contributed by atoms with Crippen LogP contribution in [0, 0.1) is 0 Å². The molecule has 4 rings (SSSR count). The molecule has 9 heteroatoms. The Balaban J connectivity index is 1.31. The average molecular weight is 346 g/mol.